The molecule has 90 valence electrons. The number of carbonyl (C=O) groups excluding carboxylic acids is 1. The van der Waals surface area contributed by atoms with Gasteiger partial charge in [0.2, 0.25) is 5.91 Å². The van der Waals surface area contributed by atoms with Gasteiger partial charge in [-0.25, -0.2) is 0 Å². The van der Waals surface area contributed by atoms with Crippen LogP contribution in [-0.4, -0.2) is 22.7 Å². The van der Waals surface area contributed by atoms with E-state index in [4.69, 9.17) is 0 Å². The molecular formula is C13H16N2OS. The lowest BCUT2D eigenvalue weighted by Crippen LogP contribution is -2.31. The number of hydrogen-bond acceptors (Lipinski definition) is 2. The summed E-state index contributed by atoms with van der Waals surface area (Å²) in [4.78, 5) is 14.6. The molecule has 0 fully saturated rings. The molecule has 4 heteroatoms. The Balaban J connectivity index is 1.98. The van der Waals surface area contributed by atoms with Crippen LogP contribution >= 0.6 is 12.6 Å². The number of benzene rings is 1. The van der Waals surface area contributed by atoms with E-state index in [9.17, 15) is 4.79 Å². The molecule has 1 aromatic heterocycles. The van der Waals surface area contributed by atoms with Crippen molar-refractivity contribution in [2.24, 2.45) is 0 Å². The van der Waals surface area contributed by atoms with E-state index < -0.39 is 0 Å². The summed E-state index contributed by atoms with van der Waals surface area (Å²) in [6, 6.07) is 8.17. The zero-order valence-electron chi connectivity index (χ0n) is 9.73. The molecule has 0 spiro atoms. The zero-order valence-corrected chi connectivity index (χ0v) is 10.6. The third-order valence-electron chi connectivity index (χ3n) is 2.75. The van der Waals surface area contributed by atoms with Crippen LogP contribution < -0.4 is 5.32 Å². The molecule has 0 aliphatic heterocycles. The van der Waals surface area contributed by atoms with Gasteiger partial charge in [-0.15, -0.1) is 0 Å². The summed E-state index contributed by atoms with van der Waals surface area (Å²) in [5, 5.41) is 3.83. The quantitative estimate of drug-likeness (QED) is 0.713. The second kappa shape index (κ2) is 5.27. The third kappa shape index (κ3) is 2.82. The summed E-state index contributed by atoms with van der Waals surface area (Å²) in [6.45, 7) is 2.41. The highest BCUT2D eigenvalue weighted by atomic mass is 32.1. The van der Waals surface area contributed by atoms with Crippen LogP contribution in [0, 0.1) is 0 Å². The highest BCUT2D eigenvalue weighted by Crippen LogP contribution is 2.17. The number of fused-ring (bicyclic) bond motifs is 1. The molecule has 1 atom stereocenters. The maximum absolute atomic E-state index is 11.3. The first-order chi connectivity index (χ1) is 8.18. The number of para-hydroxylation sites is 1. The summed E-state index contributed by atoms with van der Waals surface area (Å²) in [7, 11) is 0. The Morgan fingerprint density at radius 2 is 2.24 bits per heavy atom. The normalized spacial score (nSPS) is 12.6. The number of carbonyl (C=O) groups is 1. The molecule has 1 amide bonds. The summed E-state index contributed by atoms with van der Waals surface area (Å²) < 4.78 is 0. The van der Waals surface area contributed by atoms with Gasteiger partial charge in [0.15, 0.2) is 0 Å². The van der Waals surface area contributed by atoms with Crippen LogP contribution in [0.5, 0.6) is 0 Å². The monoisotopic (exact) mass is 248 g/mol. The molecule has 0 bridgehead atoms. The first kappa shape index (κ1) is 12.0. The molecule has 1 aromatic carbocycles. The van der Waals surface area contributed by atoms with Crippen molar-refractivity contribution in [3.05, 3.63) is 36.0 Å². The predicted molar refractivity (Wildman–Crippen MR) is 73.5 cm³/mol. The molecule has 0 aliphatic carbocycles. The zero-order chi connectivity index (χ0) is 12.3. The van der Waals surface area contributed by atoms with Crippen molar-refractivity contribution in [1.82, 2.24) is 10.3 Å². The van der Waals surface area contributed by atoms with Crippen LogP contribution in [0.25, 0.3) is 10.9 Å². The summed E-state index contributed by atoms with van der Waals surface area (Å²) in [5.74, 6) is -0.0202. The highest BCUT2D eigenvalue weighted by Gasteiger charge is 2.07. The smallest absolute Gasteiger partial charge is 0.232 e. The molecule has 1 heterocycles. The van der Waals surface area contributed by atoms with Crippen molar-refractivity contribution in [3.63, 3.8) is 0 Å². The maximum atomic E-state index is 11.3. The molecule has 1 unspecified atom stereocenters. The summed E-state index contributed by atoms with van der Waals surface area (Å²) in [5.41, 5.74) is 2.36. The van der Waals surface area contributed by atoms with Gasteiger partial charge in [0.05, 0.1) is 5.25 Å². The van der Waals surface area contributed by atoms with Crippen molar-refractivity contribution in [3.8, 4) is 0 Å². The second-order valence-corrected chi connectivity index (χ2v) is 4.85. The largest absolute Gasteiger partial charge is 0.361 e. The Hall–Kier alpha value is -1.42. The molecule has 0 aliphatic rings. The van der Waals surface area contributed by atoms with Gasteiger partial charge in [0.25, 0.3) is 0 Å². The van der Waals surface area contributed by atoms with E-state index in [1.807, 2.05) is 24.4 Å². The fourth-order valence-electron chi connectivity index (χ4n) is 1.81. The lowest BCUT2D eigenvalue weighted by atomic mass is 10.1. The van der Waals surface area contributed by atoms with E-state index in [0.717, 1.165) is 11.9 Å². The van der Waals surface area contributed by atoms with E-state index in [-0.39, 0.29) is 11.2 Å². The second-order valence-electron chi connectivity index (χ2n) is 4.08. The van der Waals surface area contributed by atoms with E-state index in [1.165, 1.54) is 10.9 Å². The maximum Gasteiger partial charge on any atom is 0.232 e. The Labute approximate surface area is 106 Å². The third-order valence-corrected chi connectivity index (χ3v) is 2.98. The standard InChI is InChI=1S/C13H16N2OS/c1-9(17)13(16)14-7-6-10-8-15-12-5-3-2-4-11(10)12/h2-5,8-9,15,17H,6-7H2,1H3,(H,14,16). The van der Waals surface area contributed by atoms with Crippen LogP contribution in [0.1, 0.15) is 12.5 Å². The van der Waals surface area contributed by atoms with E-state index in [1.54, 1.807) is 6.92 Å². The molecule has 2 aromatic rings. The number of thiol groups is 1. The molecule has 2 N–H and O–H groups in total. The van der Waals surface area contributed by atoms with Crippen molar-refractivity contribution < 1.29 is 4.79 Å². The minimum Gasteiger partial charge on any atom is -0.361 e. The van der Waals surface area contributed by atoms with Gasteiger partial charge >= 0.3 is 0 Å². The number of amides is 1. The highest BCUT2D eigenvalue weighted by molar-refractivity contribution is 7.81. The Morgan fingerprint density at radius 1 is 1.47 bits per heavy atom. The van der Waals surface area contributed by atoms with Gasteiger partial charge in [0.1, 0.15) is 0 Å². The van der Waals surface area contributed by atoms with E-state index in [2.05, 4.69) is 29.0 Å². The lowest BCUT2D eigenvalue weighted by molar-refractivity contribution is -0.120. The molecular weight excluding hydrogens is 232 g/mol. The van der Waals surface area contributed by atoms with Gasteiger partial charge in [-0.2, -0.15) is 12.6 Å². The molecule has 2 rings (SSSR count). The van der Waals surface area contributed by atoms with E-state index >= 15 is 0 Å². The van der Waals surface area contributed by atoms with Crippen molar-refractivity contribution in [2.75, 3.05) is 6.54 Å². The minimum atomic E-state index is -0.252. The van der Waals surface area contributed by atoms with Crippen LogP contribution in [0.2, 0.25) is 0 Å². The molecule has 3 nitrogen and oxygen atoms in total. The number of hydrogen-bond donors (Lipinski definition) is 3. The molecule has 0 radical (unpaired) electrons. The SMILES string of the molecule is CC(S)C(=O)NCCc1c[nH]c2ccccc12. The van der Waals surface area contributed by atoms with Gasteiger partial charge in [-0.3, -0.25) is 4.79 Å². The average Bonchev–Trinajstić information content (AvgIpc) is 2.72. The van der Waals surface area contributed by atoms with Gasteiger partial charge in [-0.05, 0) is 25.0 Å². The van der Waals surface area contributed by atoms with Crippen molar-refractivity contribution in [2.45, 2.75) is 18.6 Å². The number of H-pyrrole nitrogens is 1. The fraction of sp³-hybridized carbons (Fsp3) is 0.308. The molecule has 0 saturated heterocycles. The Bertz CT molecular complexity index is 519. The van der Waals surface area contributed by atoms with Crippen LogP contribution in [0.4, 0.5) is 0 Å². The van der Waals surface area contributed by atoms with Crippen molar-refractivity contribution >= 4 is 29.4 Å². The lowest BCUT2D eigenvalue weighted by Gasteiger charge is -2.06. The van der Waals surface area contributed by atoms with Crippen LogP contribution in [0.3, 0.4) is 0 Å². The molecule has 0 saturated carbocycles. The van der Waals surface area contributed by atoms with Gasteiger partial charge in [-0.1, -0.05) is 18.2 Å². The minimum absolute atomic E-state index is 0.0202. The van der Waals surface area contributed by atoms with Gasteiger partial charge in [0, 0.05) is 23.6 Å². The molecule has 17 heavy (non-hydrogen) atoms. The number of aromatic nitrogens is 1. The Morgan fingerprint density at radius 3 is 3.00 bits per heavy atom. The number of rotatable bonds is 4. The predicted octanol–water partition coefficient (Wildman–Crippen LogP) is 2.14. The van der Waals surface area contributed by atoms with Crippen molar-refractivity contribution in [1.29, 1.82) is 0 Å². The van der Waals surface area contributed by atoms with Crippen LogP contribution in [0.15, 0.2) is 30.5 Å². The topological polar surface area (TPSA) is 44.9 Å². The van der Waals surface area contributed by atoms with Crippen LogP contribution in [-0.2, 0) is 11.2 Å². The van der Waals surface area contributed by atoms with Gasteiger partial charge < -0.3 is 10.3 Å². The number of nitrogens with one attached hydrogen (secondary N) is 2. The first-order valence-corrected chi connectivity index (χ1v) is 6.21. The Kier molecular flexibility index (Phi) is 3.74. The fourth-order valence-corrected chi connectivity index (χ4v) is 1.90. The van der Waals surface area contributed by atoms with E-state index in [0.29, 0.717) is 6.54 Å². The summed E-state index contributed by atoms with van der Waals surface area (Å²) in [6.07, 6.45) is 2.83. The summed E-state index contributed by atoms with van der Waals surface area (Å²) >= 11 is 4.08. The first-order valence-electron chi connectivity index (χ1n) is 5.69. The number of aromatic amines is 1. The average molecular weight is 248 g/mol.